The standard InChI is InChI=1S/C27H31N2O/c1-16-8-9-18-23-21(11-10-19-24(23)27(5,6)13-12-26(19,3)4)30-25(18)22(16)20-14-17(2)28-15-29(20)7/h8-11,14-15H,12-13H2,1-7H3/q+1/i2D3. The van der Waals surface area contributed by atoms with E-state index in [1.165, 1.54) is 16.5 Å². The van der Waals surface area contributed by atoms with Gasteiger partial charge in [-0.3, -0.25) is 0 Å². The van der Waals surface area contributed by atoms with Gasteiger partial charge in [0.2, 0.25) is 0 Å². The van der Waals surface area contributed by atoms with E-state index in [9.17, 15) is 0 Å². The molecule has 1 aliphatic carbocycles. The van der Waals surface area contributed by atoms with Crippen LogP contribution in [0.15, 0.2) is 41.1 Å². The van der Waals surface area contributed by atoms with E-state index in [2.05, 4.69) is 56.9 Å². The lowest BCUT2D eigenvalue weighted by Crippen LogP contribution is -2.33. The molecule has 2 heterocycles. The summed E-state index contributed by atoms with van der Waals surface area (Å²) in [4.78, 5) is 4.15. The molecule has 0 saturated heterocycles. The molecule has 1 aliphatic rings. The lowest BCUT2D eigenvalue weighted by atomic mass is 9.62. The van der Waals surface area contributed by atoms with E-state index in [0.29, 0.717) is 0 Å². The van der Waals surface area contributed by atoms with Crippen molar-refractivity contribution in [1.29, 1.82) is 0 Å². The Morgan fingerprint density at radius 3 is 2.60 bits per heavy atom. The molecular formula is C27H31N2O+. The van der Waals surface area contributed by atoms with Gasteiger partial charge in [-0.05, 0) is 53.4 Å². The highest BCUT2D eigenvalue weighted by molar-refractivity contribution is 6.12. The van der Waals surface area contributed by atoms with Crippen molar-refractivity contribution in [2.45, 2.75) is 65.1 Å². The summed E-state index contributed by atoms with van der Waals surface area (Å²) in [6.07, 6.45) is 3.85. The highest BCUT2D eigenvalue weighted by Crippen LogP contribution is 2.51. The highest BCUT2D eigenvalue weighted by atomic mass is 16.3. The van der Waals surface area contributed by atoms with Crippen molar-refractivity contribution < 1.29 is 13.1 Å². The van der Waals surface area contributed by atoms with Crippen LogP contribution in [0.25, 0.3) is 33.2 Å². The fourth-order valence-corrected chi connectivity index (χ4v) is 5.23. The Kier molecular flexibility index (Phi) is 3.30. The Balaban J connectivity index is 1.89. The fraction of sp³-hybridized carbons (Fsp3) is 0.407. The molecule has 30 heavy (non-hydrogen) atoms. The van der Waals surface area contributed by atoms with E-state index < -0.39 is 6.85 Å². The summed E-state index contributed by atoms with van der Waals surface area (Å²) in [6.45, 7) is 9.10. The average molecular weight is 403 g/mol. The summed E-state index contributed by atoms with van der Waals surface area (Å²) in [5, 5.41) is 2.27. The van der Waals surface area contributed by atoms with Crippen LogP contribution in [0, 0.1) is 13.8 Å². The van der Waals surface area contributed by atoms with Gasteiger partial charge in [0.25, 0.3) is 6.33 Å². The predicted molar refractivity (Wildman–Crippen MR) is 123 cm³/mol. The number of aromatic nitrogens is 2. The molecule has 0 saturated carbocycles. The topological polar surface area (TPSA) is 29.9 Å². The SMILES string of the molecule is [2H]C([2H])([2H])c1cc(-c2c(C)ccc3c2oc2ccc4c(c23)C(C)(C)CCC4(C)C)[n+](C)cn1. The van der Waals surface area contributed by atoms with E-state index in [-0.39, 0.29) is 16.5 Å². The Bertz CT molecular complexity index is 1430. The zero-order chi connectivity index (χ0) is 23.9. The quantitative estimate of drug-likeness (QED) is 0.343. The molecule has 0 N–H and O–H groups in total. The molecule has 0 radical (unpaired) electrons. The molecule has 0 aliphatic heterocycles. The van der Waals surface area contributed by atoms with E-state index in [4.69, 9.17) is 8.53 Å². The van der Waals surface area contributed by atoms with Gasteiger partial charge in [0.15, 0.2) is 5.69 Å². The van der Waals surface area contributed by atoms with E-state index >= 15 is 0 Å². The smallest absolute Gasteiger partial charge is 0.286 e. The van der Waals surface area contributed by atoms with E-state index in [1.54, 1.807) is 12.4 Å². The molecule has 4 aromatic rings. The maximum absolute atomic E-state index is 7.83. The van der Waals surface area contributed by atoms with Crippen molar-refractivity contribution in [2.75, 3.05) is 0 Å². The molecule has 2 aromatic carbocycles. The van der Waals surface area contributed by atoms with Crippen LogP contribution in [-0.4, -0.2) is 4.98 Å². The zero-order valence-electron chi connectivity index (χ0n) is 21.7. The second-order valence-electron chi connectivity index (χ2n) is 10.1. The molecule has 3 nitrogen and oxygen atoms in total. The zero-order valence-corrected chi connectivity index (χ0v) is 18.7. The van der Waals surface area contributed by atoms with Gasteiger partial charge in [-0.25, -0.2) is 4.57 Å². The first-order chi connectivity index (χ1) is 15.3. The van der Waals surface area contributed by atoms with Gasteiger partial charge in [0, 0.05) is 27.8 Å². The first kappa shape index (κ1) is 16.1. The second-order valence-corrected chi connectivity index (χ2v) is 10.1. The highest BCUT2D eigenvalue weighted by Gasteiger charge is 2.39. The van der Waals surface area contributed by atoms with E-state index in [0.717, 1.165) is 46.2 Å². The second kappa shape index (κ2) is 6.16. The van der Waals surface area contributed by atoms with Gasteiger partial charge < -0.3 is 4.42 Å². The third kappa shape index (κ3) is 2.64. The van der Waals surface area contributed by atoms with Crippen molar-refractivity contribution in [3.63, 3.8) is 0 Å². The lowest BCUT2D eigenvalue weighted by molar-refractivity contribution is -0.663. The van der Waals surface area contributed by atoms with Crippen LogP contribution >= 0.6 is 0 Å². The van der Waals surface area contributed by atoms with Crippen LogP contribution in [0.5, 0.6) is 0 Å². The predicted octanol–water partition coefficient (Wildman–Crippen LogP) is 6.44. The first-order valence-electron chi connectivity index (χ1n) is 12.2. The monoisotopic (exact) mass is 402 g/mol. The number of fused-ring (bicyclic) bond motifs is 5. The number of benzene rings is 2. The van der Waals surface area contributed by atoms with Gasteiger partial charge in [0.1, 0.15) is 16.9 Å². The number of furan rings is 1. The molecule has 0 spiro atoms. The molecule has 0 fully saturated rings. The largest absolute Gasteiger partial charge is 0.455 e. The number of hydrogen-bond donors (Lipinski definition) is 0. The van der Waals surface area contributed by atoms with Gasteiger partial charge >= 0.3 is 0 Å². The number of aryl methyl sites for hydroxylation is 3. The molecule has 0 atom stereocenters. The molecule has 0 amide bonds. The van der Waals surface area contributed by atoms with Crippen molar-refractivity contribution >= 4 is 21.9 Å². The van der Waals surface area contributed by atoms with Crippen LogP contribution in [0.2, 0.25) is 0 Å². The number of hydrogen-bond acceptors (Lipinski definition) is 2. The Morgan fingerprint density at radius 2 is 1.83 bits per heavy atom. The Morgan fingerprint density at radius 1 is 1.07 bits per heavy atom. The lowest BCUT2D eigenvalue weighted by Gasteiger charge is -2.42. The minimum Gasteiger partial charge on any atom is -0.455 e. The van der Waals surface area contributed by atoms with Gasteiger partial charge in [0.05, 0.1) is 12.6 Å². The maximum Gasteiger partial charge on any atom is 0.286 e. The van der Waals surface area contributed by atoms with Crippen LogP contribution < -0.4 is 4.57 Å². The van der Waals surface area contributed by atoms with Gasteiger partial charge in [-0.1, -0.05) is 50.9 Å². The summed E-state index contributed by atoms with van der Waals surface area (Å²) in [5.74, 6) is 0. The molecule has 3 heteroatoms. The fourth-order valence-electron chi connectivity index (χ4n) is 5.23. The Hall–Kier alpha value is -2.68. The maximum atomic E-state index is 7.83. The minimum absolute atomic E-state index is 0.0436. The minimum atomic E-state index is -2.27. The van der Waals surface area contributed by atoms with Crippen LogP contribution in [0.3, 0.4) is 0 Å². The third-order valence-electron chi connectivity index (χ3n) is 7.07. The molecule has 5 rings (SSSR count). The number of rotatable bonds is 1. The van der Waals surface area contributed by atoms with Crippen molar-refractivity contribution in [3.05, 3.63) is 59.0 Å². The normalized spacial score (nSPS) is 19.3. The molecule has 0 bridgehead atoms. The molecule has 2 aromatic heterocycles. The van der Waals surface area contributed by atoms with Crippen molar-refractivity contribution in [2.24, 2.45) is 7.05 Å². The summed E-state index contributed by atoms with van der Waals surface area (Å²) in [5.41, 5.74) is 7.45. The van der Waals surface area contributed by atoms with Crippen molar-refractivity contribution in [3.8, 4) is 11.3 Å². The van der Waals surface area contributed by atoms with Crippen molar-refractivity contribution in [1.82, 2.24) is 4.98 Å². The summed E-state index contributed by atoms with van der Waals surface area (Å²) in [7, 11) is 1.89. The van der Waals surface area contributed by atoms with Crippen LogP contribution in [0.4, 0.5) is 0 Å². The molecule has 0 unspecified atom stereocenters. The third-order valence-corrected chi connectivity index (χ3v) is 7.07. The number of nitrogens with zero attached hydrogens (tertiary/aromatic N) is 2. The summed E-state index contributed by atoms with van der Waals surface area (Å²) < 4.78 is 31.9. The average Bonchev–Trinajstić information content (AvgIpc) is 3.09. The molecular weight excluding hydrogens is 368 g/mol. The van der Waals surface area contributed by atoms with Gasteiger partial charge in [-0.15, -0.1) is 0 Å². The van der Waals surface area contributed by atoms with Crippen LogP contribution in [-0.2, 0) is 17.9 Å². The summed E-state index contributed by atoms with van der Waals surface area (Å²) >= 11 is 0. The Labute approximate surface area is 183 Å². The van der Waals surface area contributed by atoms with Gasteiger partial charge in [-0.2, -0.15) is 0 Å². The summed E-state index contributed by atoms with van der Waals surface area (Å²) in [6, 6.07) is 10.3. The first-order valence-corrected chi connectivity index (χ1v) is 10.7. The van der Waals surface area contributed by atoms with Crippen LogP contribution in [0.1, 0.15) is 67.0 Å². The molecule has 154 valence electrons. The van der Waals surface area contributed by atoms with E-state index in [1.807, 2.05) is 18.5 Å².